The van der Waals surface area contributed by atoms with Gasteiger partial charge in [-0.2, -0.15) is 36.9 Å². The van der Waals surface area contributed by atoms with Gasteiger partial charge in [-0.1, -0.05) is 0 Å². The lowest BCUT2D eigenvalue weighted by atomic mass is 10.0. The zero-order valence-corrected chi connectivity index (χ0v) is 38.8. The smallest absolute Gasteiger partial charge is 0.381 e. The molecule has 2 aliphatic heterocycles. The van der Waals surface area contributed by atoms with Crippen LogP contribution in [0.2, 0.25) is 0 Å². The third kappa shape index (κ3) is 10.8. The van der Waals surface area contributed by atoms with Crippen molar-refractivity contribution in [1.29, 1.82) is 10.5 Å². The van der Waals surface area contributed by atoms with Crippen LogP contribution in [0.3, 0.4) is 0 Å². The van der Waals surface area contributed by atoms with Gasteiger partial charge in [0.15, 0.2) is 19.7 Å². The Bertz CT molecular complexity index is 2360. The summed E-state index contributed by atoms with van der Waals surface area (Å²) in [5.41, 5.74) is -3.77. The predicted octanol–water partition coefficient (Wildman–Crippen LogP) is 4.56. The van der Waals surface area contributed by atoms with Crippen LogP contribution in [0, 0.1) is 34.5 Å². The van der Waals surface area contributed by atoms with E-state index in [1.807, 2.05) is 12.1 Å². The van der Waals surface area contributed by atoms with Gasteiger partial charge in [0, 0.05) is 51.8 Å². The third-order valence-corrected chi connectivity index (χ3v) is 18.1. The van der Waals surface area contributed by atoms with E-state index >= 15 is 0 Å². The topological polar surface area (TPSA) is 217 Å². The minimum Gasteiger partial charge on any atom is -0.381 e. The van der Waals surface area contributed by atoms with E-state index < -0.39 is 110 Å². The number of benzene rings is 2. The van der Waals surface area contributed by atoms with E-state index in [1.54, 1.807) is 9.80 Å². The highest BCUT2D eigenvalue weighted by Crippen LogP contribution is 2.45. The van der Waals surface area contributed by atoms with Crippen molar-refractivity contribution in [2.45, 2.75) is 107 Å². The standard InChI is InChI=1S/2C22H26F3N3O5S/c2*1-32-18-12-15(11-16(18)20(29)27-21(13-26)4-5-21)34(30,31)19-3-2-14(10-17(19)22(23,24)25)28-6-8-33-9-7-28/h2*2-3,10,15-16,18H,4-9,11-12H2,1H3,(H,27,29)/t2*15-,16-,18-/m10/s1. The molecule has 8 rings (SSSR count). The molecule has 0 aromatic heterocycles. The monoisotopic (exact) mass is 1000 g/mol. The molecule has 0 unspecified atom stereocenters. The summed E-state index contributed by atoms with van der Waals surface area (Å²) in [5.74, 6) is -2.78. The van der Waals surface area contributed by atoms with Crippen LogP contribution in [0.25, 0.3) is 0 Å². The first-order valence-corrected chi connectivity index (χ1v) is 25.2. The maximum absolute atomic E-state index is 14.0. The fourth-order valence-electron chi connectivity index (χ4n) is 9.30. The van der Waals surface area contributed by atoms with Crippen LogP contribution in [0.5, 0.6) is 0 Å². The average Bonchev–Trinajstić information content (AvgIpc) is 4.17. The van der Waals surface area contributed by atoms with Gasteiger partial charge in [0.25, 0.3) is 0 Å². The Morgan fingerprint density at radius 3 is 1.25 bits per heavy atom. The van der Waals surface area contributed by atoms with E-state index in [4.69, 9.17) is 18.9 Å². The molecule has 2 amide bonds. The van der Waals surface area contributed by atoms with Gasteiger partial charge in [-0.3, -0.25) is 9.59 Å². The van der Waals surface area contributed by atoms with E-state index in [0.29, 0.717) is 78.3 Å². The summed E-state index contributed by atoms with van der Waals surface area (Å²) >= 11 is 0. The second-order valence-electron chi connectivity index (χ2n) is 18.0. The number of nitrogens with zero attached hydrogens (tertiary/aromatic N) is 4. The highest BCUT2D eigenvalue weighted by atomic mass is 32.2. The number of morpholine rings is 2. The van der Waals surface area contributed by atoms with Crippen LogP contribution in [-0.4, -0.2) is 129 Å². The quantitative estimate of drug-likeness (QED) is 0.279. The van der Waals surface area contributed by atoms with Crippen molar-refractivity contribution in [3.8, 4) is 12.1 Å². The summed E-state index contributed by atoms with van der Waals surface area (Å²) in [7, 11) is -6.21. The minimum atomic E-state index is -4.88. The van der Waals surface area contributed by atoms with E-state index in [9.17, 15) is 63.3 Å². The van der Waals surface area contributed by atoms with Crippen molar-refractivity contribution in [2.75, 3.05) is 76.6 Å². The summed E-state index contributed by atoms with van der Waals surface area (Å²) < 4.78 is 159. The van der Waals surface area contributed by atoms with Crippen LogP contribution < -0.4 is 20.4 Å². The van der Waals surface area contributed by atoms with Gasteiger partial charge in [0.05, 0.1) is 94.0 Å². The molecule has 6 aliphatic rings. The van der Waals surface area contributed by atoms with Crippen molar-refractivity contribution in [2.24, 2.45) is 11.8 Å². The van der Waals surface area contributed by atoms with Gasteiger partial charge in [-0.15, -0.1) is 0 Å². The minimum absolute atomic E-state index is 0.112. The van der Waals surface area contributed by atoms with Gasteiger partial charge in [0.2, 0.25) is 11.8 Å². The molecular weight excluding hydrogens is 951 g/mol. The van der Waals surface area contributed by atoms with Gasteiger partial charge in [-0.05, 0) is 87.8 Å². The summed E-state index contributed by atoms with van der Waals surface area (Å²) in [4.78, 5) is 27.3. The first-order valence-electron chi connectivity index (χ1n) is 22.1. The third-order valence-electron chi connectivity index (χ3n) is 13.6. The number of carbonyl (C=O) groups is 2. The van der Waals surface area contributed by atoms with Gasteiger partial charge >= 0.3 is 12.4 Å². The maximum Gasteiger partial charge on any atom is 0.417 e. The van der Waals surface area contributed by atoms with Crippen LogP contribution in [-0.2, 0) is 60.6 Å². The summed E-state index contributed by atoms with van der Waals surface area (Å²) in [6, 6.07) is 10.6. The van der Waals surface area contributed by atoms with Gasteiger partial charge < -0.3 is 39.4 Å². The maximum atomic E-state index is 14.0. The summed E-state index contributed by atoms with van der Waals surface area (Å²) in [6.07, 6.45) is -9.90. The summed E-state index contributed by atoms with van der Waals surface area (Å²) in [6.45, 7) is 3.11. The molecule has 2 heterocycles. The Hall–Kier alpha value is -4.72. The van der Waals surface area contributed by atoms with Crippen molar-refractivity contribution in [3.05, 3.63) is 47.5 Å². The largest absolute Gasteiger partial charge is 0.417 e. The molecule has 0 radical (unpaired) electrons. The zero-order valence-electron chi connectivity index (χ0n) is 37.2. The SMILES string of the molecule is CO[C@@H]1C[C@H](S(=O)(=O)c2ccc(N3CCOCC3)cc2C(F)(F)F)C[C@H]1C(=O)NC1(C#N)CC1.CO[C@H]1C[C@@H](S(=O)(=O)c2ccc(N3CCOCC3)cc2C(F)(F)F)C[C@@H]1C(=O)NC1(C#N)CC1. The fraction of sp³-hybridized carbons (Fsp3) is 0.636. The van der Waals surface area contributed by atoms with E-state index in [0.717, 1.165) is 24.3 Å². The molecule has 372 valence electrons. The Morgan fingerprint density at radius 1 is 0.632 bits per heavy atom. The Kier molecular flexibility index (Phi) is 14.7. The Morgan fingerprint density at radius 2 is 0.971 bits per heavy atom. The van der Waals surface area contributed by atoms with E-state index in [-0.39, 0.29) is 37.1 Å². The van der Waals surface area contributed by atoms with Crippen molar-refractivity contribution in [3.63, 3.8) is 0 Å². The number of halogens is 6. The van der Waals surface area contributed by atoms with Gasteiger partial charge in [0.1, 0.15) is 11.1 Å². The molecular formula is C44H52F6N6O10S2. The molecule has 2 saturated heterocycles. The molecule has 6 atom stereocenters. The Labute approximate surface area is 390 Å². The molecule has 0 bridgehead atoms. The number of carbonyl (C=O) groups excluding carboxylic acids is 2. The van der Waals surface area contributed by atoms with Crippen molar-refractivity contribution >= 4 is 42.9 Å². The Balaban J connectivity index is 0.000000201. The summed E-state index contributed by atoms with van der Waals surface area (Å²) in [5, 5.41) is 21.3. The molecule has 68 heavy (non-hydrogen) atoms. The van der Waals surface area contributed by atoms with Crippen LogP contribution in [0.15, 0.2) is 46.2 Å². The lowest BCUT2D eigenvalue weighted by Crippen LogP contribution is -2.42. The van der Waals surface area contributed by atoms with Crippen LogP contribution in [0.4, 0.5) is 37.7 Å². The number of methoxy groups -OCH3 is 2. The fourth-order valence-corrected chi connectivity index (χ4v) is 13.3. The predicted molar refractivity (Wildman–Crippen MR) is 229 cm³/mol. The number of nitriles is 2. The molecule has 0 spiro atoms. The number of ether oxygens (including phenoxy) is 4. The number of anilines is 2. The number of alkyl halides is 6. The number of sulfone groups is 2. The van der Waals surface area contributed by atoms with Crippen LogP contribution >= 0.6 is 0 Å². The average molecular weight is 1000 g/mol. The molecule has 2 aromatic carbocycles. The second-order valence-corrected chi connectivity index (χ2v) is 22.4. The van der Waals surface area contributed by atoms with E-state index in [2.05, 4.69) is 10.6 Å². The molecule has 2 N–H and O–H groups in total. The zero-order chi connectivity index (χ0) is 49.5. The number of nitrogens with one attached hydrogen (secondary N) is 2. The molecule has 4 saturated carbocycles. The van der Waals surface area contributed by atoms with E-state index in [1.165, 1.54) is 26.4 Å². The normalized spacial score (nSPS) is 26.7. The lowest BCUT2D eigenvalue weighted by molar-refractivity contribution is -0.140. The molecule has 6 fully saturated rings. The lowest BCUT2D eigenvalue weighted by Gasteiger charge is -2.30. The first-order chi connectivity index (χ1) is 32.0. The van der Waals surface area contributed by atoms with Crippen molar-refractivity contribution < 1.29 is 71.7 Å². The first kappa shape index (κ1) is 51.1. The molecule has 16 nitrogen and oxygen atoms in total. The number of amides is 2. The van der Waals surface area contributed by atoms with Crippen molar-refractivity contribution in [1.82, 2.24) is 10.6 Å². The van der Waals surface area contributed by atoms with Crippen LogP contribution in [0.1, 0.15) is 62.5 Å². The molecule has 24 heteroatoms. The molecule has 4 aliphatic carbocycles. The highest BCUT2D eigenvalue weighted by molar-refractivity contribution is 7.92. The highest BCUT2D eigenvalue weighted by Gasteiger charge is 2.53. The number of rotatable bonds is 12. The number of hydrogen-bond acceptors (Lipinski definition) is 14. The molecule has 2 aromatic rings. The number of hydrogen-bond donors (Lipinski definition) is 2. The second kappa shape index (κ2) is 19.6. The van der Waals surface area contributed by atoms with Gasteiger partial charge in [-0.25, -0.2) is 16.8 Å².